The molecule has 4 nitrogen and oxygen atoms in total. The molecule has 16 heavy (non-hydrogen) atoms. The summed E-state index contributed by atoms with van der Waals surface area (Å²) < 4.78 is 4.75. The topological polar surface area (TPSA) is 58.6 Å². The third-order valence-electron chi connectivity index (χ3n) is 2.67. The van der Waals surface area contributed by atoms with E-state index in [9.17, 15) is 4.79 Å². The Morgan fingerprint density at radius 3 is 2.62 bits per heavy atom. The highest BCUT2D eigenvalue weighted by molar-refractivity contribution is 5.75. The second kappa shape index (κ2) is 9.60. The maximum Gasteiger partial charge on any atom is 0.322 e. The molecular weight excluding hydrogens is 206 g/mol. The summed E-state index contributed by atoms with van der Waals surface area (Å²) in [5, 5.41) is 12.0. The normalized spacial score (nSPS) is 14.5. The lowest BCUT2D eigenvalue weighted by Crippen LogP contribution is -2.40. The van der Waals surface area contributed by atoms with Crippen molar-refractivity contribution >= 4 is 5.97 Å². The van der Waals surface area contributed by atoms with Gasteiger partial charge in [0, 0.05) is 6.61 Å². The van der Waals surface area contributed by atoms with Gasteiger partial charge in [-0.1, -0.05) is 26.7 Å². The van der Waals surface area contributed by atoms with E-state index in [1.807, 2.05) is 0 Å². The van der Waals surface area contributed by atoms with Gasteiger partial charge in [0.2, 0.25) is 0 Å². The highest BCUT2D eigenvalue weighted by atomic mass is 16.5. The minimum absolute atomic E-state index is 0.190. The highest BCUT2D eigenvalue weighted by Gasteiger charge is 2.18. The van der Waals surface area contributed by atoms with Crippen LogP contribution in [-0.4, -0.2) is 37.4 Å². The molecule has 0 bridgehead atoms. The van der Waals surface area contributed by atoms with Crippen LogP contribution in [0.3, 0.4) is 0 Å². The molecule has 0 heterocycles. The van der Waals surface area contributed by atoms with Gasteiger partial charge in [-0.05, 0) is 25.3 Å². The van der Waals surface area contributed by atoms with E-state index in [0.29, 0.717) is 5.92 Å². The fourth-order valence-electron chi connectivity index (χ4n) is 1.52. The fourth-order valence-corrected chi connectivity index (χ4v) is 1.52. The predicted octanol–water partition coefficient (Wildman–Crippen LogP) is 1.33. The van der Waals surface area contributed by atoms with Crippen molar-refractivity contribution in [2.24, 2.45) is 5.92 Å². The average molecular weight is 231 g/mol. The van der Waals surface area contributed by atoms with Crippen LogP contribution in [0.5, 0.6) is 0 Å². The Bertz CT molecular complexity index is 185. The number of rotatable bonds is 9. The van der Waals surface area contributed by atoms with Crippen molar-refractivity contribution in [1.82, 2.24) is 5.32 Å². The predicted molar refractivity (Wildman–Crippen MR) is 64.2 cm³/mol. The Kier molecular flexibility index (Phi) is 9.24. The number of methoxy groups -OCH3 is 1. The third kappa shape index (κ3) is 6.80. The minimum atomic E-state index is -0.203. The standard InChI is InChI=1S/C12H25NO3/c1-4-5-6-11(12(15)16-3)13-9-10(2)7-8-14/h10-11,13-14H,4-9H2,1-3H3. The molecule has 0 aliphatic heterocycles. The Morgan fingerprint density at radius 2 is 2.12 bits per heavy atom. The zero-order valence-corrected chi connectivity index (χ0v) is 10.7. The van der Waals surface area contributed by atoms with Crippen molar-refractivity contribution in [3.63, 3.8) is 0 Å². The average Bonchev–Trinajstić information content (AvgIpc) is 2.28. The molecular formula is C12H25NO3. The first-order valence-electron chi connectivity index (χ1n) is 6.07. The molecule has 2 atom stereocenters. The lowest BCUT2D eigenvalue weighted by Gasteiger charge is -2.18. The van der Waals surface area contributed by atoms with Crippen LogP contribution in [-0.2, 0) is 9.53 Å². The van der Waals surface area contributed by atoms with Crippen molar-refractivity contribution in [3.8, 4) is 0 Å². The first kappa shape index (κ1) is 15.4. The number of nitrogens with one attached hydrogen (secondary N) is 1. The number of carbonyl (C=O) groups is 1. The summed E-state index contributed by atoms with van der Waals surface area (Å²) in [7, 11) is 1.42. The van der Waals surface area contributed by atoms with Crippen LogP contribution in [0, 0.1) is 5.92 Å². The second-order valence-electron chi connectivity index (χ2n) is 4.24. The van der Waals surface area contributed by atoms with Crippen LogP contribution in [0.25, 0.3) is 0 Å². The highest BCUT2D eigenvalue weighted by Crippen LogP contribution is 2.05. The first-order valence-corrected chi connectivity index (χ1v) is 6.07. The molecule has 0 aromatic carbocycles. The molecule has 4 heteroatoms. The van der Waals surface area contributed by atoms with Crippen LogP contribution in [0.2, 0.25) is 0 Å². The van der Waals surface area contributed by atoms with E-state index in [-0.39, 0.29) is 18.6 Å². The molecule has 0 fully saturated rings. The molecule has 96 valence electrons. The number of hydrogen-bond acceptors (Lipinski definition) is 4. The second-order valence-corrected chi connectivity index (χ2v) is 4.24. The Hall–Kier alpha value is -0.610. The van der Waals surface area contributed by atoms with Crippen LogP contribution < -0.4 is 5.32 Å². The molecule has 0 aliphatic carbocycles. The van der Waals surface area contributed by atoms with E-state index < -0.39 is 0 Å². The maximum atomic E-state index is 11.5. The summed E-state index contributed by atoms with van der Waals surface area (Å²) in [6.07, 6.45) is 3.66. The number of hydrogen-bond donors (Lipinski definition) is 2. The Labute approximate surface area is 98.4 Å². The quantitative estimate of drug-likeness (QED) is 0.588. The fraction of sp³-hybridized carbons (Fsp3) is 0.917. The van der Waals surface area contributed by atoms with Gasteiger partial charge in [0.05, 0.1) is 7.11 Å². The molecule has 0 radical (unpaired) electrons. The zero-order valence-electron chi connectivity index (χ0n) is 10.7. The van der Waals surface area contributed by atoms with Gasteiger partial charge in [-0.25, -0.2) is 0 Å². The van der Waals surface area contributed by atoms with Crippen molar-refractivity contribution in [1.29, 1.82) is 0 Å². The first-order chi connectivity index (χ1) is 7.65. The van der Waals surface area contributed by atoms with E-state index in [1.54, 1.807) is 0 Å². The summed E-state index contributed by atoms with van der Waals surface area (Å²) in [6, 6.07) is -0.203. The largest absolute Gasteiger partial charge is 0.468 e. The van der Waals surface area contributed by atoms with Crippen LogP contribution in [0.15, 0.2) is 0 Å². The summed E-state index contributed by atoms with van der Waals surface area (Å²) in [6.45, 7) is 5.09. The molecule has 0 rings (SSSR count). The number of carbonyl (C=O) groups excluding carboxylic acids is 1. The molecule has 2 unspecified atom stereocenters. The monoisotopic (exact) mass is 231 g/mol. The van der Waals surface area contributed by atoms with Gasteiger partial charge in [-0.15, -0.1) is 0 Å². The van der Waals surface area contributed by atoms with E-state index in [4.69, 9.17) is 9.84 Å². The molecule has 2 N–H and O–H groups in total. The molecule has 0 saturated carbocycles. The van der Waals surface area contributed by atoms with Crippen LogP contribution in [0.4, 0.5) is 0 Å². The van der Waals surface area contributed by atoms with Crippen LogP contribution in [0.1, 0.15) is 39.5 Å². The Morgan fingerprint density at radius 1 is 1.44 bits per heavy atom. The lowest BCUT2D eigenvalue weighted by molar-refractivity contribution is -0.143. The van der Waals surface area contributed by atoms with Gasteiger partial charge in [0.1, 0.15) is 6.04 Å². The van der Waals surface area contributed by atoms with E-state index >= 15 is 0 Å². The van der Waals surface area contributed by atoms with Crippen molar-refractivity contribution in [3.05, 3.63) is 0 Å². The van der Waals surface area contributed by atoms with E-state index in [2.05, 4.69) is 19.2 Å². The number of esters is 1. The van der Waals surface area contributed by atoms with Gasteiger partial charge >= 0.3 is 5.97 Å². The maximum absolute atomic E-state index is 11.5. The van der Waals surface area contributed by atoms with Gasteiger partial charge in [0.15, 0.2) is 0 Å². The molecule has 0 aliphatic rings. The summed E-state index contributed by atoms with van der Waals surface area (Å²) >= 11 is 0. The summed E-state index contributed by atoms with van der Waals surface area (Å²) in [5.74, 6) is 0.184. The Balaban J connectivity index is 3.95. The van der Waals surface area contributed by atoms with E-state index in [0.717, 1.165) is 32.2 Å². The van der Waals surface area contributed by atoms with Crippen molar-refractivity contribution in [2.75, 3.05) is 20.3 Å². The number of aliphatic hydroxyl groups excluding tert-OH is 1. The number of unbranched alkanes of at least 4 members (excludes halogenated alkanes) is 1. The molecule has 0 spiro atoms. The minimum Gasteiger partial charge on any atom is -0.468 e. The van der Waals surface area contributed by atoms with Crippen molar-refractivity contribution < 1.29 is 14.6 Å². The summed E-state index contributed by atoms with van der Waals surface area (Å²) in [5.41, 5.74) is 0. The zero-order chi connectivity index (χ0) is 12.4. The molecule has 0 aromatic rings. The van der Waals surface area contributed by atoms with Gasteiger partial charge in [0.25, 0.3) is 0 Å². The van der Waals surface area contributed by atoms with Gasteiger partial charge < -0.3 is 15.2 Å². The van der Waals surface area contributed by atoms with Crippen molar-refractivity contribution in [2.45, 2.75) is 45.6 Å². The number of ether oxygens (including phenoxy) is 1. The molecule has 0 aromatic heterocycles. The molecule has 0 amide bonds. The third-order valence-corrected chi connectivity index (χ3v) is 2.67. The number of aliphatic hydroxyl groups is 1. The SMILES string of the molecule is CCCCC(NCC(C)CCO)C(=O)OC. The van der Waals surface area contributed by atoms with E-state index in [1.165, 1.54) is 7.11 Å². The van der Waals surface area contributed by atoms with Gasteiger partial charge in [-0.3, -0.25) is 4.79 Å². The lowest BCUT2D eigenvalue weighted by atomic mass is 10.1. The van der Waals surface area contributed by atoms with Gasteiger partial charge in [-0.2, -0.15) is 0 Å². The van der Waals surface area contributed by atoms with Crippen LogP contribution >= 0.6 is 0 Å². The molecule has 0 saturated heterocycles. The summed E-state index contributed by atoms with van der Waals surface area (Å²) in [4.78, 5) is 11.5. The smallest absolute Gasteiger partial charge is 0.322 e.